The fourth-order valence-electron chi connectivity index (χ4n) is 4.51. The van der Waals surface area contributed by atoms with E-state index < -0.39 is 11.5 Å². The molecule has 0 amide bonds. The van der Waals surface area contributed by atoms with Crippen LogP contribution in [0.25, 0.3) is 10.9 Å². The van der Waals surface area contributed by atoms with Crippen LogP contribution >= 0.6 is 35.0 Å². The van der Waals surface area contributed by atoms with Gasteiger partial charge in [0.1, 0.15) is 5.75 Å². The molecular weight excluding hydrogens is 533 g/mol. The number of rotatable bonds is 9. The lowest BCUT2D eigenvalue weighted by Gasteiger charge is -2.36. The van der Waals surface area contributed by atoms with Crippen molar-refractivity contribution in [3.05, 3.63) is 68.9 Å². The number of benzene rings is 2. The number of hydrogen-bond acceptors (Lipinski definition) is 7. The summed E-state index contributed by atoms with van der Waals surface area (Å²) in [6.45, 7) is 7.07. The molecule has 0 aliphatic carbocycles. The minimum absolute atomic E-state index is 0.233. The fraction of sp³-hybridized carbons (Fsp3) is 0.407. The van der Waals surface area contributed by atoms with E-state index in [-0.39, 0.29) is 5.56 Å². The summed E-state index contributed by atoms with van der Waals surface area (Å²) in [5.74, 6) is 0.683. The number of unbranched alkanes of at least 4 members (excludes halogenated alkanes) is 1. The lowest BCUT2D eigenvalue weighted by atomic mass is 10.2. The van der Waals surface area contributed by atoms with Crippen molar-refractivity contribution in [2.24, 2.45) is 0 Å². The molecule has 3 aromatic rings. The molecule has 0 radical (unpaired) electrons. The highest BCUT2D eigenvalue weighted by Gasteiger charge is 2.19. The quantitative estimate of drug-likeness (QED) is 0.223. The highest BCUT2D eigenvalue weighted by Crippen LogP contribution is 2.33. The van der Waals surface area contributed by atoms with E-state index in [9.17, 15) is 9.59 Å². The standard InChI is InChI=1S/C27H31Cl2N3O4S/c1-19(36-27(34)37-2)32-24-18-21(10-8-20(24)9-11-25(32)33)35-17-4-3-12-30-13-15-31(16-14-30)23-7-5-6-22(28)26(23)29/h5-11,18-19H,3-4,12-17H2,1-2H3. The molecule has 1 atom stereocenters. The van der Waals surface area contributed by atoms with Gasteiger partial charge in [-0.1, -0.05) is 29.3 Å². The predicted octanol–water partition coefficient (Wildman–Crippen LogP) is 6.31. The SMILES string of the molecule is CSC(=O)OC(C)n1c(=O)ccc2ccc(OCCCCN3CCN(c4cccc(Cl)c4Cl)CC3)cc21. The van der Waals surface area contributed by atoms with E-state index in [1.54, 1.807) is 19.2 Å². The van der Waals surface area contributed by atoms with Crippen LogP contribution in [0.15, 0.2) is 53.3 Å². The number of anilines is 1. The number of piperazine rings is 1. The van der Waals surface area contributed by atoms with Gasteiger partial charge in [0.05, 0.1) is 27.9 Å². The zero-order chi connectivity index (χ0) is 26.4. The van der Waals surface area contributed by atoms with E-state index in [0.29, 0.717) is 27.9 Å². The first-order chi connectivity index (χ1) is 17.9. The van der Waals surface area contributed by atoms with Crippen LogP contribution in [0.4, 0.5) is 10.5 Å². The molecule has 0 saturated carbocycles. The van der Waals surface area contributed by atoms with E-state index in [1.165, 1.54) is 10.6 Å². The number of halogens is 2. The molecule has 4 rings (SSSR count). The van der Waals surface area contributed by atoms with E-state index in [0.717, 1.165) is 68.4 Å². The van der Waals surface area contributed by atoms with Crippen molar-refractivity contribution in [2.75, 3.05) is 50.5 Å². The molecule has 37 heavy (non-hydrogen) atoms. The molecule has 1 fully saturated rings. The summed E-state index contributed by atoms with van der Waals surface area (Å²) in [5, 5.41) is 1.65. The van der Waals surface area contributed by atoms with Gasteiger partial charge in [-0.2, -0.15) is 0 Å². The van der Waals surface area contributed by atoms with Gasteiger partial charge in [-0.25, -0.2) is 4.79 Å². The number of carbonyl (C=O) groups is 1. The second kappa shape index (κ2) is 12.9. The van der Waals surface area contributed by atoms with E-state index >= 15 is 0 Å². The highest BCUT2D eigenvalue weighted by molar-refractivity contribution is 8.12. The maximum atomic E-state index is 12.5. The number of ether oxygens (including phenoxy) is 2. The van der Waals surface area contributed by atoms with Crippen LogP contribution in [0.5, 0.6) is 5.75 Å². The average Bonchev–Trinajstić information content (AvgIpc) is 2.90. The molecule has 2 heterocycles. The van der Waals surface area contributed by atoms with Gasteiger partial charge >= 0.3 is 5.30 Å². The Hall–Kier alpha value is -2.39. The molecule has 0 N–H and O–H groups in total. The van der Waals surface area contributed by atoms with Crippen molar-refractivity contribution in [2.45, 2.75) is 26.0 Å². The number of fused-ring (bicyclic) bond motifs is 1. The zero-order valence-corrected chi connectivity index (χ0v) is 23.3. The van der Waals surface area contributed by atoms with Gasteiger partial charge in [0.2, 0.25) is 0 Å². The lowest BCUT2D eigenvalue weighted by Crippen LogP contribution is -2.46. The summed E-state index contributed by atoms with van der Waals surface area (Å²) in [7, 11) is 0. The van der Waals surface area contributed by atoms with Crippen molar-refractivity contribution in [1.82, 2.24) is 9.47 Å². The third-order valence-corrected chi connectivity index (χ3v) is 7.72. The van der Waals surface area contributed by atoms with Crippen LogP contribution in [0.2, 0.25) is 10.0 Å². The van der Waals surface area contributed by atoms with Crippen molar-refractivity contribution in [3.8, 4) is 5.75 Å². The second-order valence-corrected chi connectivity index (χ2v) is 10.4. The number of pyridine rings is 1. The smallest absolute Gasteiger partial charge is 0.368 e. The number of aromatic nitrogens is 1. The Labute approximate surface area is 231 Å². The van der Waals surface area contributed by atoms with Crippen LogP contribution in [-0.4, -0.2) is 60.4 Å². The molecule has 1 saturated heterocycles. The van der Waals surface area contributed by atoms with E-state index in [2.05, 4.69) is 9.80 Å². The summed E-state index contributed by atoms with van der Waals surface area (Å²) in [6.07, 6.45) is 2.87. The topological polar surface area (TPSA) is 64.0 Å². The van der Waals surface area contributed by atoms with Crippen LogP contribution in [0.1, 0.15) is 26.0 Å². The molecule has 2 aromatic carbocycles. The molecule has 198 valence electrons. The second-order valence-electron chi connectivity index (χ2n) is 8.89. The summed E-state index contributed by atoms with van der Waals surface area (Å²) < 4.78 is 12.8. The molecule has 1 aliphatic heterocycles. The van der Waals surface area contributed by atoms with Gasteiger partial charge in [0.25, 0.3) is 5.56 Å². The molecule has 1 aromatic heterocycles. The number of nitrogens with zero attached hydrogens (tertiary/aromatic N) is 3. The third kappa shape index (κ3) is 6.93. The summed E-state index contributed by atoms with van der Waals surface area (Å²) >= 11 is 13.5. The Morgan fingerprint density at radius 3 is 2.57 bits per heavy atom. The molecule has 1 aliphatic rings. The maximum Gasteiger partial charge on any atom is 0.368 e. The van der Waals surface area contributed by atoms with Gasteiger partial charge in [-0.05, 0) is 80.0 Å². The van der Waals surface area contributed by atoms with Gasteiger partial charge < -0.3 is 14.4 Å². The Morgan fingerprint density at radius 2 is 1.81 bits per heavy atom. The van der Waals surface area contributed by atoms with Gasteiger partial charge in [0, 0.05) is 38.3 Å². The monoisotopic (exact) mass is 563 g/mol. The summed E-state index contributed by atoms with van der Waals surface area (Å²) in [6, 6.07) is 14.7. The van der Waals surface area contributed by atoms with Crippen molar-refractivity contribution in [3.63, 3.8) is 0 Å². The molecule has 0 spiro atoms. The predicted molar refractivity (Wildman–Crippen MR) is 153 cm³/mol. The summed E-state index contributed by atoms with van der Waals surface area (Å²) in [5.41, 5.74) is 1.44. The number of carbonyl (C=O) groups excluding carboxylic acids is 1. The maximum absolute atomic E-state index is 12.5. The zero-order valence-electron chi connectivity index (χ0n) is 21.0. The van der Waals surface area contributed by atoms with Crippen molar-refractivity contribution in [1.29, 1.82) is 0 Å². The normalized spacial score (nSPS) is 15.1. The van der Waals surface area contributed by atoms with Crippen LogP contribution in [-0.2, 0) is 4.74 Å². The Kier molecular flexibility index (Phi) is 9.65. The van der Waals surface area contributed by atoms with Crippen LogP contribution in [0, 0.1) is 0 Å². The number of hydrogen-bond donors (Lipinski definition) is 0. The van der Waals surface area contributed by atoms with Gasteiger partial charge in [0.15, 0.2) is 6.23 Å². The molecule has 7 nitrogen and oxygen atoms in total. The Balaban J connectivity index is 1.26. The largest absolute Gasteiger partial charge is 0.494 e. The van der Waals surface area contributed by atoms with Crippen molar-refractivity contribution < 1.29 is 14.3 Å². The first kappa shape index (κ1) is 27.6. The van der Waals surface area contributed by atoms with Gasteiger partial charge in [-0.15, -0.1) is 0 Å². The Bertz CT molecular complexity index is 1290. The Morgan fingerprint density at radius 1 is 1.05 bits per heavy atom. The average molecular weight is 565 g/mol. The van der Waals surface area contributed by atoms with Crippen LogP contribution < -0.4 is 15.2 Å². The minimum Gasteiger partial charge on any atom is -0.494 e. The number of thioether (sulfide) groups is 1. The highest BCUT2D eigenvalue weighted by atomic mass is 35.5. The molecular formula is C27H31Cl2N3O4S. The first-order valence-corrected chi connectivity index (χ1v) is 14.3. The van der Waals surface area contributed by atoms with Crippen molar-refractivity contribution >= 4 is 56.9 Å². The van der Waals surface area contributed by atoms with Gasteiger partial charge in [-0.3, -0.25) is 14.3 Å². The minimum atomic E-state index is -0.721. The summed E-state index contributed by atoms with van der Waals surface area (Å²) in [4.78, 5) is 29.0. The third-order valence-electron chi connectivity index (χ3n) is 6.48. The van der Waals surface area contributed by atoms with E-state index in [4.69, 9.17) is 32.7 Å². The van der Waals surface area contributed by atoms with E-state index in [1.807, 2.05) is 36.4 Å². The lowest BCUT2D eigenvalue weighted by molar-refractivity contribution is 0.0910. The fourth-order valence-corrected chi connectivity index (χ4v) is 5.17. The van der Waals surface area contributed by atoms with Crippen LogP contribution in [0.3, 0.4) is 0 Å². The first-order valence-electron chi connectivity index (χ1n) is 12.3. The molecule has 0 bridgehead atoms. The molecule has 1 unspecified atom stereocenters. The molecule has 10 heteroatoms.